The number of nitroso groups, excluding NO2 is 1. The molecule has 10 heteroatoms. The molecule has 1 aliphatic heterocycles. The summed E-state index contributed by atoms with van der Waals surface area (Å²) in [5.74, 6) is 0. The number of piperazine rings is 1. The maximum Gasteiger partial charge on any atom is 0.309 e. The Hall–Kier alpha value is -1.29. The SMILES string of the molecule is O=CC(N1CCN(N=O)CC1)n1c(=O)sc2cc(Br)c(Cl)cc21. The van der Waals surface area contributed by atoms with E-state index in [4.69, 9.17) is 11.6 Å². The monoisotopic (exact) mass is 418 g/mol. The van der Waals surface area contributed by atoms with Gasteiger partial charge in [-0.3, -0.25) is 24.1 Å². The van der Waals surface area contributed by atoms with Gasteiger partial charge in [0.05, 0.1) is 33.6 Å². The fraction of sp³-hybridized carbons (Fsp3) is 0.385. The number of fused-ring (bicyclic) bond motifs is 1. The molecule has 0 saturated carbocycles. The van der Waals surface area contributed by atoms with Crippen LogP contribution in [-0.2, 0) is 4.79 Å². The molecule has 7 nitrogen and oxygen atoms in total. The fourth-order valence-electron chi connectivity index (χ4n) is 2.65. The number of hydrogen-bond donors (Lipinski definition) is 0. The van der Waals surface area contributed by atoms with Crippen LogP contribution in [0.5, 0.6) is 0 Å². The summed E-state index contributed by atoms with van der Waals surface area (Å²) in [6.07, 6.45) is 0.0235. The van der Waals surface area contributed by atoms with Gasteiger partial charge in [0.1, 0.15) is 6.17 Å². The van der Waals surface area contributed by atoms with Crippen LogP contribution in [0.25, 0.3) is 10.2 Å². The predicted molar refractivity (Wildman–Crippen MR) is 92.8 cm³/mol. The number of benzene rings is 1. The van der Waals surface area contributed by atoms with E-state index < -0.39 is 6.17 Å². The highest BCUT2D eigenvalue weighted by Gasteiger charge is 2.27. The normalized spacial score (nSPS) is 17.4. The van der Waals surface area contributed by atoms with E-state index in [0.717, 1.165) is 22.3 Å². The summed E-state index contributed by atoms with van der Waals surface area (Å²) >= 11 is 10.5. The number of aldehydes is 1. The van der Waals surface area contributed by atoms with E-state index in [1.54, 1.807) is 12.1 Å². The second kappa shape index (κ2) is 6.68. The highest BCUT2D eigenvalue weighted by Crippen LogP contribution is 2.31. The molecule has 1 aromatic carbocycles. The number of rotatable bonds is 4. The van der Waals surface area contributed by atoms with Gasteiger partial charge in [-0.05, 0) is 28.1 Å². The summed E-state index contributed by atoms with van der Waals surface area (Å²) in [4.78, 5) is 36.2. The molecule has 122 valence electrons. The number of nitrogens with zero attached hydrogens (tertiary/aromatic N) is 4. The number of carbonyl (C=O) groups excluding carboxylic acids is 1. The Kier molecular flexibility index (Phi) is 4.81. The smallest absolute Gasteiger partial charge is 0.299 e. The molecular weight excluding hydrogens is 408 g/mol. The Morgan fingerprint density at radius 2 is 2.00 bits per heavy atom. The summed E-state index contributed by atoms with van der Waals surface area (Å²) in [5, 5.41) is 4.78. The third-order valence-electron chi connectivity index (χ3n) is 3.82. The van der Waals surface area contributed by atoms with Gasteiger partial charge in [0.2, 0.25) is 0 Å². The largest absolute Gasteiger partial charge is 0.309 e. The van der Waals surface area contributed by atoms with Gasteiger partial charge in [-0.2, -0.15) is 0 Å². The van der Waals surface area contributed by atoms with Gasteiger partial charge in [-0.15, -0.1) is 4.91 Å². The average Bonchev–Trinajstić information content (AvgIpc) is 2.85. The van der Waals surface area contributed by atoms with Crippen molar-refractivity contribution in [2.45, 2.75) is 6.17 Å². The lowest BCUT2D eigenvalue weighted by Crippen LogP contribution is -2.48. The Balaban J connectivity index is 2.02. The van der Waals surface area contributed by atoms with Crippen LogP contribution in [0.1, 0.15) is 6.17 Å². The van der Waals surface area contributed by atoms with Gasteiger partial charge in [-0.1, -0.05) is 22.9 Å². The number of aromatic nitrogens is 1. The van der Waals surface area contributed by atoms with E-state index in [9.17, 15) is 14.5 Å². The fourth-order valence-corrected chi connectivity index (χ4v) is 4.23. The van der Waals surface area contributed by atoms with Crippen LogP contribution >= 0.6 is 38.9 Å². The molecule has 23 heavy (non-hydrogen) atoms. The zero-order valence-corrected chi connectivity index (χ0v) is 15.0. The highest BCUT2D eigenvalue weighted by molar-refractivity contribution is 9.10. The molecule has 0 radical (unpaired) electrons. The van der Waals surface area contributed by atoms with Gasteiger partial charge in [0, 0.05) is 17.6 Å². The van der Waals surface area contributed by atoms with Crippen molar-refractivity contribution in [1.29, 1.82) is 0 Å². The van der Waals surface area contributed by atoms with Crippen LogP contribution in [0.2, 0.25) is 5.02 Å². The number of hydrogen-bond acceptors (Lipinski definition) is 6. The van der Waals surface area contributed by atoms with Crippen molar-refractivity contribution in [2.75, 3.05) is 26.2 Å². The van der Waals surface area contributed by atoms with Crippen molar-refractivity contribution < 1.29 is 4.79 Å². The molecule has 0 spiro atoms. The molecule has 1 aliphatic rings. The Labute approximate surface area is 148 Å². The van der Waals surface area contributed by atoms with Gasteiger partial charge < -0.3 is 0 Å². The topological polar surface area (TPSA) is 75.0 Å². The number of carbonyl (C=O) groups is 1. The summed E-state index contributed by atoms with van der Waals surface area (Å²) in [5.41, 5.74) is 0.626. The van der Waals surface area contributed by atoms with E-state index in [-0.39, 0.29) is 4.87 Å². The van der Waals surface area contributed by atoms with Crippen LogP contribution in [0.15, 0.2) is 26.7 Å². The molecule has 1 aromatic heterocycles. The summed E-state index contributed by atoms with van der Waals surface area (Å²) in [6, 6.07) is 3.45. The van der Waals surface area contributed by atoms with Crippen LogP contribution < -0.4 is 4.87 Å². The van der Waals surface area contributed by atoms with E-state index in [2.05, 4.69) is 21.2 Å². The van der Waals surface area contributed by atoms with E-state index >= 15 is 0 Å². The van der Waals surface area contributed by atoms with Gasteiger partial charge in [0.25, 0.3) is 0 Å². The van der Waals surface area contributed by atoms with Crippen molar-refractivity contribution in [1.82, 2.24) is 14.5 Å². The maximum atomic E-state index is 12.4. The minimum absolute atomic E-state index is 0.220. The quantitative estimate of drug-likeness (QED) is 0.562. The van der Waals surface area contributed by atoms with E-state index in [1.165, 1.54) is 9.58 Å². The standard InChI is InChI=1S/C13H12BrClN4O3S/c14-8-5-11-10(6-9(8)15)19(13(21)23-11)12(7-20)17-1-3-18(16-22)4-2-17/h5-7,12H,1-4H2. The van der Waals surface area contributed by atoms with Crippen molar-refractivity contribution in [3.63, 3.8) is 0 Å². The van der Waals surface area contributed by atoms with Gasteiger partial charge in [-0.25, -0.2) is 0 Å². The second-order valence-corrected chi connectivity index (χ2v) is 7.35. The molecule has 0 aliphatic carbocycles. The third kappa shape index (κ3) is 3.06. The Morgan fingerprint density at radius 3 is 2.61 bits per heavy atom. The second-order valence-electron chi connectivity index (χ2n) is 5.09. The highest BCUT2D eigenvalue weighted by atomic mass is 79.9. The minimum Gasteiger partial charge on any atom is -0.299 e. The molecule has 0 amide bonds. The zero-order valence-electron chi connectivity index (χ0n) is 11.8. The van der Waals surface area contributed by atoms with Crippen LogP contribution in [0, 0.1) is 4.91 Å². The third-order valence-corrected chi connectivity index (χ3v) is 5.94. The Morgan fingerprint density at radius 1 is 1.30 bits per heavy atom. The van der Waals surface area contributed by atoms with E-state index in [1.807, 2.05) is 4.90 Å². The van der Waals surface area contributed by atoms with Crippen molar-refractivity contribution in [2.24, 2.45) is 5.29 Å². The number of thiazole rings is 1. The van der Waals surface area contributed by atoms with Crippen LogP contribution in [0.4, 0.5) is 0 Å². The molecule has 2 heterocycles. The first-order valence-electron chi connectivity index (χ1n) is 6.83. The summed E-state index contributed by atoms with van der Waals surface area (Å²) in [7, 11) is 0. The summed E-state index contributed by atoms with van der Waals surface area (Å²) < 4.78 is 2.91. The first-order chi connectivity index (χ1) is 11.0. The molecule has 3 rings (SSSR count). The molecule has 0 bridgehead atoms. The average molecular weight is 420 g/mol. The Bertz CT molecular complexity index is 815. The molecular formula is C13H12BrClN4O3S. The van der Waals surface area contributed by atoms with Crippen molar-refractivity contribution in [3.8, 4) is 0 Å². The van der Waals surface area contributed by atoms with Crippen molar-refractivity contribution in [3.05, 3.63) is 36.2 Å². The van der Waals surface area contributed by atoms with Crippen LogP contribution in [0.3, 0.4) is 0 Å². The lowest BCUT2D eigenvalue weighted by molar-refractivity contribution is -0.116. The van der Waals surface area contributed by atoms with E-state index in [0.29, 0.717) is 41.2 Å². The maximum absolute atomic E-state index is 12.4. The van der Waals surface area contributed by atoms with Crippen LogP contribution in [-0.4, -0.2) is 46.9 Å². The van der Waals surface area contributed by atoms with Crippen molar-refractivity contribution >= 4 is 55.4 Å². The molecule has 1 atom stereocenters. The molecule has 0 N–H and O–H groups in total. The molecule has 1 saturated heterocycles. The summed E-state index contributed by atoms with van der Waals surface area (Å²) in [6.45, 7) is 1.81. The molecule has 1 unspecified atom stereocenters. The first kappa shape index (κ1) is 16.6. The lowest BCUT2D eigenvalue weighted by atomic mass is 10.3. The van der Waals surface area contributed by atoms with Gasteiger partial charge >= 0.3 is 4.87 Å². The minimum atomic E-state index is -0.720. The molecule has 2 aromatic rings. The number of halogens is 2. The van der Waals surface area contributed by atoms with Gasteiger partial charge in [0.15, 0.2) is 6.29 Å². The zero-order chi connectivity index (χ0) is 16.6. The molecule has 1 fully saturated rings. The predicted octanol–water partition coefficient (Wildman–Crippen LogP) is 2.48. The first-order valence-corrected chi connectivity index (χ1v) is 8.81. The lowest BCUT2D eigenvalue weighted by Gasteiger charge is -2.34.